The number of nitrogens with two attached hydrogens (primary N) is 3. The Bertz CT molecular complexity index is 2940. The van der Waals surface area contributed by atoms with Crippen molar-refractivity contribution in [2.45, 2.75) is 133 Å². The predicted molar refractivity (Wildman–Crippen MR) is 291 cm³/mol. The van der Waals surface area contributed by atoms with Gasteiger partial charge in [-0.1, -0.05) is 80.4 Å². The number of aromatic amines is 2. The first-order valence-corrected chi connectivity index (χ1v) is 26.2. The average molecular weight is 1070 g/mol. The molecule has 1 aliphatic heterocycles. The van der Waals surface area contributed by atoms with Gasteiger partial charge in [0.25, 0.3) is 0 Å². The Hall–Kier alpha value is -8.83. The molecule has 3 heterocycles. The van der Waals surface area contributed by atoms with Crippen molar-refractivity contribution >= 4 is 80.8 Å². The smallest absolute Gasteiger partial charge is 0.243 e. The van der Waals surface area contributed by atoms with Gasteiger partial charge in [0.1, 0.15) is 42.3 Å². The van der Waals surface area contributed by atoms with Crippen molar-refractivity contribution in [1.82, 2.24) is 57.5 Å². The second-order valence-corrected chi connectivity index (χ2v) is 19.4. The number of nitrogens with one attached hydrogen (secondary N) is 10. The Labute approximate surface area is 450 Å². The normalized spacial score (nSPS) is 20.9. The highest BCUT2D eigenvalue weighted by Gasteiger charge is 2.35. The standard InChI is InChI=1S/C54H71N15O9/c1-3-4-15-40(63-31(2)70)48(73)69-45-27-46(71)59-21-10-9-17-39(47(55)72)64-51(76)43(25-35-28-61-38-16-8-7-14-37(35)38)67-49(74)41(18-11-22-60-54(56)57)65-50(75)42(24-32-19-20-33-12-5-6-13-34(33)23-32)66-52(77)44(68-53(45)78)26-36-29-58-30-62-36/h5-8,12-14,16,19-20,23,28-30,39-45,61H,3-4,9-11,15,17-18,21-22,24-27H2,1-2H3,(H2,55,72)(H,58,62)(H,59,71)(H,63,70)(H,64,76)(H,65,75)(H,66,77)(H,67,74)(H,68,78)(H,69,73)(H4,56,57,60)/t39-,40+,41+,42+,43-,44+,45+/m1/s1. The molecule has 24 nitrogen and oxygen atoms in total. The van der Waals surface area contributed by atoms with Gasteiger partial charge in [0.05, 0.1) is 12.7 Å². The molecule has 5 aromatic rings. The van der Waals surface area contributed by atoms with E-state index >= 15 is 0 Å². The monoisotopic (exact) mass is 1070 g/mol. The number of carbonyl (C=O) groups is 9. The number of carbonyl (C=O) groups excluding carboxylic acids is 9. The van der Waals surface area contributed by atoms with E-state index in [9.17, 15) is 43.2 Å². The van der Waals surface area contributed by atoms with E-state index in [1.807, 2.05) is 67.6 Å². The van der Waals surface area contributed by atoms with Gasteiger partial charge in [-0.3, -0.25) is 48.1 Å². The molecule has 0 bridgehead atoms. The molecule has 7 atom stereocenters. The van der Waals surface area contributed by atoms with Crippen molar-refractivity contribution < 1.29 is 43.2 Å². The summed E-state index contributed by atoms with van der Waals surface area (Å²) in [5, 5.41) is 24.3. The molecule has 3 aromatic carbocycles. The molecule has 16 N–H and O–H groups in total. The molecular weight excluding hydrogens is 1000 g/mol. The quantitative estimate of drug-likeness (QED) is 0.0330. The highest BCUT2D eigenvalue weighted by molar-refractivity contribution is 5.99. The van der Waals surface area contributed by atoms with Crippen LogP contribution < -0.4 is 59.7 Å². The van der Waals surface area contributed by atoms with Gasteiger partial charge in [-0.15, -0.1) is 0 Å². The van der Waals surface area contributed by atoms with E-state index < -0.39 is 102 Å². The maximum absolute atomic E-state index is 15.0. The molecule has 2 aromatic heterocycles. The number of fused-ring (bicyclic) bond motifs is 2. The number of primary amides is 1. The number of para-hydroxylation sites is 1. The summed E-state index contributed by atoms with van der Waals surface area (Å²) in [6, 6.07) is 10.9. The number of unbranched alkanes of at least 4 members (excludes halogenated alkanes) is 1. The molecule has 0 radical (unpaired) electrons. The molecule has 0 saturated carbocycles. The minimum absolute atomic E-state index is 0.0366. The molecule has 1 saturated heterocycles. The lowest BCUT2D eigenvalue weighted by Gasteiger charge is -2.28. The summed E-state index contributed by atoms with van der Waals surface area (Å²) in [7, 11) is 0. The number of benzene rings is 3. The summed E-state index contributed by atoms with van der Waals surface area (Å²) in [6.07, 6.45) is 5.65. The first-order chi connectivity index (χ1) is 37.5. The van der Waals surface area contributed by atoms with Crippen LogP contribution in [0.5, 0.6) is 0 Å². The van der Waals surface area contributed by atoms with E-state index in [4.69, 9.17) is 17.2 Å². The number of nitrogens with zero attached hydrogens (tertiary/aromatic N) is 2. The Morgan fingerprint density at radius 1 is 0.744 bits per heavy atom. The zero-order chi connectivity index (χ0) is 56.1. The molecule has 1 aliphatic rings. The lowest BCUT2D eigenvalue weighted by atomic mass is 9.99. The Morgan fingerprint density at radius 2 is 1.41 bits per heavy atom. The fourth-order valence-electron chi connectivity index (χ4n) is 9.15. The van der Waals surface area contributed by atoms with Gasteiger partial charge in [0, 0.05) is 68.3 Å². The first-order valence-electron chi connectivity index (χ1n) is 26.2. The molecule has 416 valence electrons. The minimum Gasteiger partial charge on any atom is -0.370 e. The van der Waals surface area contributed by atoms with Gasteiger partial charge in [-0.05, 0) is 66.5 Å². The molecular formula is C54H71N15O9. The zero-order valence-electron chi connectivity index (χ0n) is 43.8. The van der Waals surface area contributed by atoms with Crippen molar-refractivity contribution in [1.29, 1.82) is 0 Å². The fraction of sp³-hybridized carbons (Fsp3) is 0.426. The number of hydrogen-bond donors (Lipinski definition) is 13. The molecule has 24 heteroatoms. The SMILES string of the molecule is CCCC[C@H](NC(C)=O)C(=O)N[C@H]1CC(=O)NCCCC[C@H](C(N)=O)NC(=O)[C@@H](Cc2c[nH]c3ccccc23)NC(=O)[C@H](CCCN=C(N)N)NC(=O)[C@H](Cc2ccc3ccccc3c2)NC(=O)[C@H](Cc2cnc[nH]2)NC1=O. The molecule has 9 amide bonds. The van der Waals surface area contributed by atoms with Crippen LogP contribution in [0.2, 0.25) is 0 Å². The number of imidazole rings is 1. The summed E-state index contributed by atoms with van der Waals surface area (Å²) in [4.78, 5) is 140. The van der Waals surface area contributed by atoms with Crippen molar-refractivity contribution in [3.05, 3.63) is 102 Å². The lowest BCUT2D eigenvalue weighted by Crippen LogP contribution is -2.61. The maximum atomic E-state index is 15.0. The van der Waals surface area contributed by atoms with E-state index in [1.165, 1.54) is 19.4 Å². The summed E-state index contributed by atoms with van der Waals surface area (Å²) in [5.74, 6) is -7.13. The summed E-state index contributed by atoms with van der Waals surface area (Å²) in [6.45, 7) is 3.25. The van der Waals surface area contributed by atoms with E-state index in [-0.39, 0.29) is 76.8 Å². The van der Waals surface area contributed by atoms with Crippen LogP contribution in [0.3, 0.4) is 0 Å². The second kappa shape index (κ2) is 28.9. The van der Waals surface area contributed by atoms with Crippen LogP contribution in [0.1, 0.15) is 88.5 Å². The number of aromatic nitrogens is 3. The van der Waals surface area contributed by atoms with E-state index in [2.05, 4.69) is 62.5 Å². The van der Waals surface area contributed by atoms with Crippen LogP contribution in [-0.4, -0.2) is 129 Å². The van der Waals surface area contributed by atoms with Gasteiger partial charge in [-0.25, -0.2) is 4.98 Å². The Balaban J connectivity index is 1.41. The topological polar surface area (TPSA) is 385 Å². The van der Waals surface area contributed by atoms with Crippen LogP contribution >= 0.6 is 0 Å². The number of guanidine groups is 1. The Kier molecular flexibility index (Phi) is 21.6. The third kappa shape index (κ3) is 17.6. The first kappa shape index (κ1) is 58.4. The van der Waals surface area contributed by atoms with E-state index in [0.717, 1.165) is 21.7 Å². The second-order valence-electron chi connectivity index (χ2n) is 19.4. The van der Waals surface area contributed by atoms with Crippen LogP contribution in [0.4, 0.5) is 0 Å². The van der Waals surface area contributed by atoms with Gasteiger partial charge >= 0.3 is 0 Å². The zero-order valence-corrected chi connectivity index (χ0v) is 43.8. The summed E-state index contributed by atoms with van der Waals surface area (Å²) < 4.78 is 0. The summed E-state index contributed by atoms with van der Waals surface area (Å²) >= 11 is 0. The maximum Gasteiger partial charge on any atom is 0.243 e. The summed E-state index contributed by atoms with van der Waals surface area (Å²) in [5.41, 5.74) is 19.5. The van der Waals surface area contributed by atoms with Gasteiger partial charge < -0.3 is 69.7 Å². The highest BCUT2D eigenvalue weighted by atomic mass is 16.2. The largest absolute Gasteiger partial charge is 0.370 e. The molecule has 1 fully saturated rings. The molecule has 6 rings (SSSR count). The Morgan fingerprint density at radius 3 is 2.12 bits per heavy atom. The number of aliphatic imine (C=N–C) groups is 1. The van der Waals surface area contributed by atoms with Crippen LogP contribution in [0, 0.1) is 0 Å². The fourth-order valence-corrected chi connectivity index (χ4v) is 9.15. The van der Waals surface area contributed by atoms with Crippen molar-refractivity contribution in [2.24, 2.45) is 22.2 Å². The van der Waals surface area contributed by atoms with Crippen molar-refractivity contribution in [2.75, 3.05) is 13.1 Å². The molecule has 0 unspecified atom stereocenters. The van der Waals surface area contributed by atoms with Crippen molar-refractivity contribution in [3.8, 4) is 0 Å². The third-order valence-corrected chi connectivity index (χ3v) is 13.3. The number of hydrogen-bond acceptors (Lipinski definition) is 11. The van der Waals surface area contributed by atoms with Crippen LogP contribution in [-0.2, 0) is 62.4 Å². The lowest BCUT2D eigenvalue weighted by molar-refractivity contribution is -0.136. The number of rotatable bonds is 17. The molecule has 0 spiro atoms. The van der Waals surface area contributed by atoms with Crippen LogP contribution in [0.15, 0.2) is 90.4 Å². The highest BCUT2D eigenvalue weighted by Crippen LogP contribution is 2.21. The van der Waals surface area contributed by atoms with Crippen LogP contribution in [0.25, 0.3) is 21.7 Å². The van der Waals surface area contributed by atoms with E-state index in [1.54, 1.807) is 12.3 Å². The number of H-pyrrole nitrogens is 2. The predicted octanol–water partition coefficient (Wildman–Crippen LogP) is -0.0951. The minimum atomic E-state index is -1.59. The number of amides is 9. The third-order valence-electron chi connectivity index (χ3n) is 13.3. The molecule has 0 aliphatic carbocycles. The average Bonchev–Trinajstić information content (AvgIpc) is 4.10. The van der Waals surface area contributed by atoms with Gasteiger partial charge in [0.2, 0.25) is 53.2 Å². The van der Waals surface area contributed by atoms with E-state index in [0.29, 0.717) is 29.7 Å². The van der Waals surface area contributed by atoms with Gasteiger partial charge in [0.15, 0.2) is 5.96 Å². The van der Waals surface area contributed by atoms with Gasteiger partial charge in [-0.2, -0.15) is 0 Å². The van der Waals surface area contributed by atoms with Crippen molar-refractivity contribution in [3.63, 3.8) is 0 Å². The molecule has 78 heavy (non-hydrogen) atoms.